The van der Waals surface area contributed by atoms with Crippen LogP contribution in [0, 0.1) is 45.3 Å². The van der Waals surface area contributed by atoms with E-state index >= 15 is 0 Å². The SMILES string of the molecule is N#CCCN(CCC#N)CC[N+](CCC#N)(CCC#N)CCNCCN. The highest BCUT2D eigenvalue weighted by molar-refractivity contribution is 4.77. The van der Waals surface area contributed by atoms with Gasteiger partial charge in [-0.05, 0) is 0 Å². The molecular weight excluding hydrogens is 328 g/mol. The van der Waals surface area contributed by atoms with Crippen molar-refractivity contribution in [3.8, 4) is 24.3 Å². The molecule has 0 aliphatic rings. The first kappa shape index (κ1) is 23.8. The van der Waals surface area contributed by atoms with Crippen molar-refractivity contribution >= 4 is 0 Å². The van der Waals surface area contributed by atoms with Crippen molar-refractivity contribution in [3.05, 3.63) is 0 Å². The number of hydrogen-bond acceptors (Lipinski definition) is 7. The molecule has 0 rings (SSSR count). The van der Waals surface area contributed by atoms with E-state index in [4.69, 9.17) is 26.8 Å². The molecule has 0 fully saturated rings. The molecule has 0 atom stereocenters. The zero-order valence-corrected chi connectivity index (χ0v) is 15.7. The zero-order valence-electron chi connectivity index (χ0n) is 15.7. The summed E-state index contributed by atoms with van der Waals surface area (Å²) in [5.41, 5.74) is 5.52. The largest absolute Gasteiger partial charge is 0.329 e. The third-order valence-corrected chi connectivity index (χ3v) is 4.45. The van der Waals surface area contributed by atoms with Gasteiger partial charge in [0.2, 0.25) is 0 Å². The Morgan fingerprint density at radius 2 is 1.23 bits per heavy atom. The van der Waals surface area contributed by atoms with E-state index in [0.29, 0.717) is 62.9 Å². The molecule has 8 heteroatoms. The van der Waals surface area contributed by atoms with Gasteiger partial charge in [-0.15, -0.1) is 0 Å². The van der Waals surface area contributed by atoms with E-state index in [1.54, 1.807) is 0 Å². The zero-order chi connectivity index (χ0) is 19.5. The maximum Gasteiger partial charge on any atom is 0.0919 e. The van der Waals surface area contributed by atoms with Crippen LogP contribution in [0.5, 0.6) is 0 Å². The topological polar surface area (TPSA) is 136 Å². The molecule has 3 N–H and O–H groups in total. The van der Waals surface area contributed by atoms with E-state index < -0.39 is 0 Å². The van der Waals surface area contributed by atoms with Gasteiger partial charge in [0.05, 0.1) is 63.3 Å². The monoisotopic (exact) mass is 359 g/mol. The fourth-order valence-corrected chi connectivity index (χ4v) is 2.89. The van der Waals surface area contributed by atoms with Gasteiger partial charge in [-0.3, -0.25) is 4.90 Å². The first-order valence-electron chi connectivity index (χ1n) is 9.14. The summed E-state index contributed by atoms with van der Waals surface area (Å²) in [6, 6.07) is 8.74. The van der Waals surface area contributed by atoms with E-state index in [9.17, 15) is 0 Å². The predicted molar refractivity (Wildman–Crippen MR) is 99.0 cm³/mol. The van der Waals surface area contributed by atoms with Gasteiger partial charge in [0.15, 0.2) is 0 Å². The van der Waals surface area contributed by atoms with Crippen LogP contribution in [0.4, 0.5) is 0 Å². The summed E-state index contributed by atoms with van der Waals surface area (Å²) in [4.78, 5) is 2.13. The summed E-state index contributed by atoms with van der Waals surface area (Å²) in [7, 11) is 0. The van der Waals surface area contributed by atoms with Crippen LogP contribution in [0.25, 0.3) is 0 Å². The van der Waals surface area contributed by atoms with Crippen molar-refractivity contribution in [2.45, 2.75) is 25.7 Å². The standard InChI is InChI=1S/C18H31N8/c19-5-1-12-25(13-2-6-20)14-18-26(15-3-7-21,16-4-8-22)17-11-24-10-9-23/h24H,1-4,9-18,23H2/q+1. The van der Waals surface area contributed by atoms with Gasteiger partial charge in [-0.1, -0.05) is 0 Å². The number of quaternary nitrogens is 1. The van der Waals surface area contributed by atoms with Gasteiger partial charge in [0.1, 0.15) is 0 Å². The second kappa shape index (κ2) is 16.3. The van der Waals surface area contributed by atoms with Crippen LogP contribution in [0.3, 0.4) is 0 Å². The summed E-state index contributed by atoms with van der Waals surface area (Å²) < 4.78 is 0.689. The predicted octanol–water partition coefficient (Wildman–Crippen LogP) is 0.308. The van der Waals surface area contributed by atoms with E-state index in [1.165, 1.54) is 0 Å². The highest BCUT2D eigenvalue weighted by Gasteiger charge is 2.27. The molecule has 0 radical (unpaired) electrons. The molecule has 0 aromatic carbocycles. The second-order valence-corrected chi connectivity index (χ2v) is 6.25. The fraction of sp³-hybridized carbons (Fsp3) is 0.778. The molecule has 0 saturated carbocycles. The first-order valence-corrected chi connectivity index (χ1v) is 9.14. The van der Waals surface area contributed by atoms with Gasteiger partial charge in [-0.2, -0.15) is 21.0 Å². The lowest BCUT2D eigenvalue weighted by Crippen LogP contribution is -2.56. The van der Waals surface area contributed by atoms with E-state index in [-0.39, 0.29) is 0 Å². The Morgan fingerprint density at radius 3 is 1.69 bits per heavy atom. The summed E-state index contributed by atoms with van der Waals surface area (Å²) >= 11 is 0. The molecule has 0 amide bonds. The number of rotatable bonds is 16. The Hall–Kier alpha value is -2.20. The van der Waals surface area contributed by atoms with Crippen molar-refractivity contribution in [3.63, 3.8) is 0 Å². The molecule has 142 valence electrons. The molecule has 0 heterocycles. The molecular formula is C18H31N8+. The van der Waals surface area contributed by atoms with Gasteiger partial charge >= 0.3 is 0 Å². The Morgan fingerprint density at radius 1 is 0.692 bits per heavy atom. The minimum atomic E-state index is 0.430. The lowest BCUT2D eigenvalue weighted by atomic mass is 10.2. The van der Waals surface area contributed by atoms with Crippen molar-refractivity contribution in [1.29, 1.82) is 21.0 Å². The Balaban J connectivity index is 4.99. The normalized spacial score (nSPS) is 10.7. The third-order valence-electron chi connectivity index (χ3n) is 4.45. The molecule has 0 aliphatic heterocycles. The molecule has 0 aliphatic carbocycles. The smallest absolute Gasteiger partial charge is 0.0919 e. The molecule has 0 aromatic heterocycles. The second-order valence-electron chi connectivity index (χ2n) is 6.25. The number of nitrogens with two attached hydrogens (primary N) is 1. The van der Waals surface area contributed by atoms with E-state index in [1.807, 2.05) is 0 Å². The van der Waals surface area contributed by atoms with Crippen LogP contribution >= 0.6 is 0 Å². The van der Waals surface area contributed by atoms with Crippen molar-refractivity contribution in [1.82, 2.24) is 10.2 Å². The van der Waals surface area contributed by atoms with Gasteiger partial charge in [-0.25, -0.2) is 0 Å². The van der Waals surface area contributed by atoms with Gasteiger partial charge < -0.3 is 15.5 Å². The van der Waals surface area contributed by atoms with Crippen molar-refractivity contribution in [2.75, 3.05) is 65.4 Å². The van der Waals surface area contributed by atoms with Crippen LogP contribution in [-0.4, -0.2) is 74.8 Å². The van der Waals surface area contributed by atoms with Crippen LogP contribution in [0.15, 0.2) is 0 Å². The van der Waals surface area contributed by atoms with Gasteiger partial charge in [0.25, 0.3) is 0 Å². The quantitative estimate of drug-likeness (QED) is 0.299. The van der Waals surface area contributed by atoms with Crippen molar-refractivity contribution < 1.29 is 4.48 Å². The number of nitrogens with one attached hydrogen (secondary N) is 1. The van der Waals surface area contributed by atoms with Gasteiger partial charge in [0, 0.05) is 52.1 Å². The Labute approximate surface area is 157 Å². The highest BCUT2D eigenvalue weighted by atomic mass is 15.4. The minimum absolute atomic E-state index is 0.430. The number of nitriles is 4. The van der Waals surface area contributed by atoms with E-state index in [0.717, 1.165) is 32.7 Å². The number of hydrogen-bond donors (Lipinski definition) is 2. The lowest BCUT2D eigenvalue weighted by Gasteiger charge is -2.39. The van der Waals surface area contributed by atoms with Crippen LogP contribution in [0.2, 0.25) is 0 Å². The molecule has 0 unspecified atom stereocenters. The van der Waals surface area contributed by atoms with Crippen LogP contribution in [0.1, 0.15) is 25.7 Å². The summed E-state index contributed by atoms with van der Waals surface area (Å²) in [5.74, 6) is 0. The average molecular weight is 360 g/mol. The molecule has 0 bridgehead atoms. The van der Waals surface area contributed by atoms with Crippen LogP contribution in [-0.2, 0) is 0 Å². The average Bonchev–Trinajstić information content (AvgIpc) is 2.67. The molecule has 0 saturated heterocycles. The minimum Gasteiger partial charge on any atom is -0.329 e. The fourth-order valence-electron chi connectivity index (χ4n) is 2.89. The Bertz CT molecular complexity index is 483. The number of nitrogens with zero attached hydrogens (tertiary/aromatic N) is 6. The molecule has 8 nitrogen and oxygen atoms in total. The third kappa shape index (κ3) is 11.4. The summed E-state index contributed by atoms with van der Waals surface area (Å²) in [6.07, 6.45) is 1.75. The molecule has 0 spiro atoms. The Kier molecular flexibility index (Phi) is 14.9. The molecule has 0 aromatic rings. The van der Waals surface area contributed by atoms with Crippen molar-refractivity contribution in [2.24, 2.45) is 5.73 Å². The maximum absolute atomic E-state index is 9.03. The summed E-state index contributed by atoms with van der Waals surface area (Å²) in [6.45, 7) is 7.15. The van der Waals surface area contributed by atoms with Crippen LogP contribution < -0.4 is 11.1 Å². The lowest BCUT2D eigenvalue weighted by molar-refractivity contribution is -0.925. The maximum atomic E-state index is 9.03. The van der Waals surface area contributed by atoms with E-state index in [2.05, 4.69) is 34.5 Å². The first-order chi connectivity index (χ1) is 12.7. The summed E-state index contributed by atoms with van der Waals surface area (Å²) in [5, 5.41) is 39.0. The molecule has 26 heavy (non-hydrogen) atoms. The highest BCUT2D eigenvalue weighted by Crippen LogP contribution is 2.11.